The van der Waals surface area contributed by atoms with Crippen molar-refractivity contribution in [2.45, 2.75) is 19.3 Å². The van der Waals surface area contributed by atoms with Crippen LogP contribution in [0.5, 0.6) is 5.75 Å². The molecule has 5 rings (SSSR count). The fourth-order valence-corrected chi connectivity index (χ4v) is 3.88. The Morgan fingerprint density at radius 1 is 1.24 bits per heavy atom. The van der Waals surface area contributed by atoms with E-state index < -0.39 is 12.1 Å². The minimum atomic E-state index is -0.552. The molecule has 1 aliphatic heterocycles. The topological polar surface area (TPSA) is 97.0 Å². The number of hydrogen-bond donors (Lipinski definition) is 0. The standard InChI is InChI=1S/C24H25FN6O3/c1-30-12-19(9-28-30)31-6-5-22(32)21(29-31)8-17-3-2-4-18(7-17)23-26-10-20(11-27-23)34-16-24(13-25)14-33-15-24/h4-7,9-12H,2-3,8,13-16H2,1H3. The van der Waals surface area contributed by atoms with Crippen molar-refractivity contribution >= 4 is 5.57 Å². The first kappa shape index (κ1) is 22.1. The average Bonchev–Trinajstić information content (AvgIpc) is 3.27. The van der Waals surface area contributed by atoms with Crippen LogP contribution >= 0.6 is 0 Å². The SMILES string of the molecule is Cn1cc(-n2ccc(=O)c(CC3=CC(c4ncc(OCC5(CF)COC5)cn4)=CCC3)n2)cn1. The predicted octanol–water partition coefficient (Wildman–Crippen LogP) is 2.47. The third-order valence-corrected chi connectivity index (χ3v) is 5.95. The van der Waals surface area contributed by atoms with E-state index in [0.29, 0.717) is 36.9 Å². The summed E-state index contributed by atoms with van der Waals surface area (Å²) in [6.07, 6.45) is 14.6. The number of aryl methyl sites for hydroxylation is 1. The Morgan fingerprint density at radius 3 is 2.74 bits per heavy atom. The first-order valence-corrected chi connectivity index (χ1v) is 11.1. The van der Waals surface area contributed by atoms with Gasteiger partial charge in [-0.05, 0) is 12.8 Å². The molecule has 176 valence electrons. The van der Waals surface area contributed by atoms with E-state index in [4.69, 9.17) is 9.47 Å². The fourth-order valence-electron chi connectivity index (χ4n) is 3.88. The monoisotopic (exact) mass is 464 g/mol. The van der Waals surface area contributed by atoms with Crippen molar-refractivity contribution in [3.63, 3.8) is 0 Å². The molecule has 34 heavy (non-hydrogen) atoms. The van der Waals surface area contributed by atoms with Gasteiger partial charge in [0.15, 0.2) is 11.6 Å². The first-order chi connectivity index (χ1) is 16.5. The lowest BCUT2D eigenvalue weighted by atomic mass is 9.89. The smallest absolute Gasteiger partial charge is 0.203 e. The number of nitrogens with zero attached hydrogens (tertiary/aromatic N) is 6. The van der Waals surface area contributed by atoms with Crippen LogP contribution in [-0.2, 0) is 18.2 Å². The van der Waals surface area contributed by atoms with Crippen LogP contribution in [0, 0.1) is 5.41 Å². The molecule has 0 saturated carbocycles. The summed E-state index contributed by atoms with van der Waals surface area (Å²) < 4.78 is 27.3. The van der Waals surface area contributed by atoms with Gasteiger partial charge in [-0.25, -0.2) is 14.6 Å². The van der Waals surface area contributed by atoms with Gasteiger partial charge in [0.2, 0.25) is 5.43 Å². The largest absolute Gasteiger partial charge is 0.489 e. The van der Waals surface area contributed by atoms with Gasteiger partial charge in [0.05, 0.1) is 43.4 Å². The molecule has 3 aromatic heterocycles. The molecule has 0 aromatic carbocycles. The van der Waals surface area contributed by atoms with Crippen molar-refractivity contribution in [3.8, 4) is 11.4 Å². The highest BCUT2D eigenvalue weighted by Crippen LogP contribution is 2.29. The van der Waals surface area contributed by atoms with E-state index in [2.05, 4.69) is 26.2 Å². The van der Waals surface area contributed by atoms with E-state index in [0.717, 1.165) is 29.7 Å². The van der Waals surface area contributed by atoms with Gasteiger partial charge in [0.1, 0.15) is 24.7 Å². The highest BCUT2D eigenvalue weighted by atomic mass is 19.1. The Balaban J connectivity index is 1.28. The summed E-state index contributed by atoms with van der Waals surface area (Å²) in [6, 6.07) is 1.53. The Bertz CT molecular complexity index is 1290. The van der Waals surface area contributed by atoms with Crippen LogP contribution in [0.3, 0.4) is 0 Å². The van der Waals surface area contributed by atoms with Gasteiger partial charge < -0.3 is 9.47 Å². The number of alkyl halides is 1. The van der Waals surface area contributed by atoms with Crippen LogP contribution in [0.15, 0.2) is 59.6 Å². The van der Waals surface area contributed by atoms with E-state index >= 15 is 0 Å². The van der Waals surface area contributed by atoms with Gasteiger partial charge in [-0.15, -0.1) is 0 Å². The molecular weight excluding hydrogens is 439 g/mol. The van der Waals surface area contributed by atoms with Crippen LogP contribution in [0.25, 0.3) is 11.3 Å². The summed E-state index contributed by atoms with van der Waals surface area (Å²) >= 11 is 0. The van der Waals surface area contributed by atoms with Crippen molar-refractivity contribution in [2.75, 3.05) is 26.5 Å². The molecular formula is C24H25FN6O3. The number of aromatic nitrogens is 6. The minimum Gasteiger partial charge on any atom is -0.489 e. The van der Waals surface area contributed by atoms with Crippen LogP contribution in [-0.4, -0.2) is 56.0 Å². The Kier molecular flexibility index (Phi) is 6.06. The number of allylic oxidation sites excluding steroid dienone is 4. The summed E-state index contributed by atoms with van der Waals surface area (Å²) in [5.41, 5.74) is 2.60. The van der Waals surface area contributed by atoms with Crippen LogP contribution in [0.1, 0.15) is 24.4 Å². The molecule has 0 atom stereocenters. The summed E-state index contributed by atoms with van der Waals surface area (Å²) in [7, 11) is 1.83. The highest BCUT2D eigenvalue weighted by molar-refractivity contribution is 5.71. The van der Waals surface area contributed by atoms with E-state index in [1.165, 1.54) is 6.07 Å². The Labute approximate surface area is 195 Å². The second-order valence-electron chi connectivity index (χ2n) is 8.78. The molecule has 0 radical (unpaired) electrons. The lowest BCUT2D eigenvalue weighted by Gasteiger charge is -2.38. The van der Waals surface area contributed by atoms with Crippen molar-refractivity contribution < 1.29 is 13.9 Å². The van der Waals surface area contributed by atoms with Crippen LogP contribution in [0.4, 0.5) is 4.39 Å². The van der Waals surface area contributed by atoms with Gasteiger partial charge in [0.25, 0.3) is 0 Å². The number of rotatable bonds is 8. The second kappa shape index (κ2) is 9.30. The van der Waals surface area contributed by atoms with Gasteiger partial charge in [-0.3, -0.25) is 13.9 Å². The van der Waals surface area contributed by atoms with Crippen LogP contribution < -0.4 is 10.2 Å². The molecule has 9 nitrogen and oxygen atoms in total. The molecule has 0 spiro atoms. The van der Waals surface area contributed by atoms with Crippen molar-refractivity contribution in [1.82, 2.24) is 29.5 Å². The zero-order valence-electron chi connectivity index (χ0n) is 18.9. The van der Waals surface area contributed by atoms with Crippen molar-refractivity contribution in [2.24, 2.45) is 12.5 Å². The predicted molar refractivity (Wildman–Crippen MR) is 122 cm³/mol. The summed E-state index contributed by atoms with van der Waals surface area (Å²) in [5, 5.41) is 8.68. The molecule has 1 aliphatic carbocycles. The van der Waals surface area contributed by atoms with Gasteiger partial charge >= 0.3 is 0 Å². The van der Waals surface area contributed by atoms with E-state index in [1.54, 1.807) is 34.2 Å². The molecule has 1 saturated heterocycles. The third kappa shape index (κ3) is 4.67. The maximum atomic E-state index is 13.2. The minimum absolute atomic E-state index is 0.0993. The van der Waals surface area contributed by atoms with Crippen molar-refractivity contribution in [3.05, 3.63) is 76.5 Å². The van der Waals surface area contributed by atoms with E-state index in [1.807, 2.05) is 19.3 Å². The average molecular weight is 465 g/mol. The highest BCUT2D eigenvalue weighted by Gasteiger charge is 2.40. The van der Waals surface area contributed by atoms with Crippen LogP contribution in [0.2, 0.25) is 0 Å². The van der Waals surface area contributed by atoms with Gasteiger partial charge in [0, 0.05) is 31.3 Å². The van der Waals surface area contributed by atoms with Crippen molar-refractivity contribution in [1.29, 1.82) is 0 Å². The lowest BCUT2D eigenvalue weighted by Crippen LogP contribution is -2.48. The molecule has 1 fully saturated rings. The molecule has 0 amide bonds. The lowest BCUT2D eigenvalue weighted by molar-refractivity contribution is -0.141. The second-order valence-corrected chi connectivity index (χ2v) is 8.78. The molecule has 0 N–H and O–H groups in total. The Morgan fingerprint density at radius 2 is 2.06 bits per heavy atom. The van der Waals surface area contributed by atoms with Gasteiger partial charge in [-0.2, -0.15) is 10.2 Å². The molecule has 2 aliphatic rings. The molecule has 0 unspecified atom stereocenters. The number of ether oxygens (including phenoxy) is 2. The van der Waals surface area contributed by atoms with Gasteiger partial charge in [-0.1, -0.05) is 17.7 Å². The quantitative estimate of drug-likeness (QED) is 0.505. The third-order valence-electron chi connectivity index (χ3n) is 5.95. The molecule has 10 heteroatoms. The molecule has 3 aromatic rings. The number of hydrogen-bond acceptors (Lipinski definition) is 7. The maximum Gasteiger partial charge on any atom is 0.203 e. The first-order valence-electron chi connectivity index (χ1n) is 11.1. The number of halogens is 1. The fraction of sp³-hybridized carbons (Fsp3) is 0.375. The summed E-state index contributed by atoms with van der Waals surface area (Å²) in [5.74, 6) is 1.07. The summed E-state index contributed by atoms with van der Waals surface area (Å²) in [4.78, 5) is 21.3. The zero-order chi connectivity index (χ0) is 23.5. The van der Waals surface area contributed by atoms with E-state index in [-0.39, 0.29) is 12.0 Å². The molecule has 0 bridgehead atoms. The Hall–Kier alpha value is -3.66. The maximum absolute atomic E-state index is 13.2. The normalized spacial score (nSPS) is 17.0. The molecule has 4 heterocycles. The zero-order valence-corrected chi connectivity index (χ0v) is 18.9. The van der Waals surface area contributed by atoms with E-state index in [9.17, 15) is 9.18 Å². The summed E-state index contributed by atoms with van der Waals surface area (Å²) in [6.45, 7) is 0.495.